The van der Waals surface area contributed by atoms with Crippen molar-refractivity contribution in [2.45, 2.75) is 25.4 Å². The predicted molar refractivity (Wildman–Crippen MR) is 75.8 cm³/mol. The van der Waals surface area contributed by atoms with Gasteiger partial charge < -0.3 is 14.4 Å². The van der Waals surface area contributed by atoms with Crippen LogP contribution in [0.4, 0.5) is 0 Å². The lowest BCUT2D eigenvalue weighted by atomic mass is 9.76. The fourth-order valence-electron chi connectivity index (χ4n) is 3.29. The van der Waals surface area contributed by atoms with Gasteiger partial charge in [-0.3, -0.25) is 9.78 Å². The number of aromatic nitrogens is 2. The molecule has 6 heteroatoms. The lowest BCUT2D eigenvalue weighted by molar-refractivity contribution is 0.0280. The molecule has 0 bridgehead atoms. The summed E-state index contributed by atoms with van der Waals surface area (Å²) in [5, 5.41) is 0. The van der Waals surface area contributed by atoms with Gasteiger partial charge in [-0.15, -0.1) is 0 Å². The fraction of sp³-hybridized carbons (Fsp3) is 0.667. The smallest absolute Gasteiger partial charge is 0.274 e. The van der Waals surface area contributed by atoms with Crippen LogP contribution >= 0.6 is 0 Å². The van der Waals surface area contributed by atoms with Gasteiger partial charge in [-0.25, -0.2) is 4.98 Å². The van der Waals surface area contributed by atoms with Gasteiger partial charge in [0.15, 0.2) is 0 Å². The zero-order valence-electron chi connectivity index (χ0n) is 12.3. The van der Waals surface area contributed by atoms with Gasteiger partial charge in [0.05, 0.1) is 25.5 Å². The number of methoxy groups -OCH3 is 1. The number of carbonyl (C=O) groups is 1. The van der Waals surface area contributed by atoms with E-state index in [1.807, 2.05) is 4.90 Å². The Morgan fingerprint density at radius 3 is 2.95 bits per heavy atom. The third-order valence-electron chi connectivity index (χ3n) is 4.53. The first-order chi connectivity index (χ1) is 10.2. The Kier molecular flexibility index (Phi) is 4.17. The molecule has 0 N–H and O–H groups in total. The van der Waals surface area contributed by atoms with Crippen molar-refractivity contribution >= 4 is 5.91 Å². The van der Waals surface area contributed by atoms with E-state index in [-0.39, 0.29) is 17.4 Å². The molecule has 6 nitrogen and oxygen atoms in total. The van der Waals surface area contributed by atoms with Crippen LogP contribution in [0.25, 0.3) is 0 Å². The topological polar surface area (TPSA) is 64.5 Å². The van der Waals surface area contributed by atoms with Gasteiger partial charge in [-0.2, -0.15) is 0 Å². The summed E-state index contributed by atoms with van der Waals surface area (Å²) in [4.78, 5) is 22.3. The van der Waals surface area contributed by atoms with E-state index in [1.165, 1.54) is 6.20 Å². The lowest BCUT2D eigenvalue weighted by Gasteiger charge is -2.38. The van der Waals surface area contributed by atoms with Crippen molar-refractivity contribution in [1.82, 2.24) is 14.9 Å². The van der Waals surface area contributed by atoms with Gasteiger partial charge in [0.25, 0.3) is 5.91 Å². The zero-order chi connectivity index (χ0) is 14.7. The summed E-state index contributed by atoms with van der Waals surface area (Å²) in [6.45, 7) is 2.97. The number of ether oxygens (including phenoxy) is 2. The largest absolute Gasteiger partial charge is 0.382 e. The Hall–Kier alpha value is -1.53. The maximum Gasteiger partial charge on any atom is 0.274 e. The van der Waals surface area contributed by atoms with Crippen LogP contribution in [0, 0.1) is 5.41 Å². The molecule has 3 rings (SSSR count). The van der Waals surface area contributed by atoms with Gasteiger partial charge in [0.1, 0.15) is 5.69 Å². The Balaban J connectivity index is 1.57. The quantitative estimate of drug-likeness (QED) is 0.835. The molecule has 2 aliphatic heterocycles. The highest BCUT2D eigenvalue weighted by Crippen LogP contribution is 2.42. The predicted octanol–water partition coefficient (Wildman–Crippen LogP) is 1.13. The first kappa shape index (κ1) is 14.4. The molecule has 114 valence electrons. The van der Waals surface area contributed by atoms with E-state index in [9.17, 15) is 4.79 Å². The fourth-order valence-corrected chi connectivity index (χ4v) is 3.29. The molecule has 0 aromatic carbocycles. The number of likely N-dealkylation sites (tertiary alicyclic amines) is 1. The van der Waals surface area contributed by atoms with Gasteiger partial charge in [0, 0.05) is 32.6 Å². The summed E-state index contributed by atoms with van der Waals surface area (Å²) in [6, 6.07) is 0. The minimum absolute atomic E-state index is 0.0229. The van der Waals surface area contributed by atoms with E-state index >= 15 is 0 Å². The number of piperidine rings is 1. The van der Waals surface area contributed by atoms with Crippen molar-refractivity contribution in [3.8, 4) is 0 Å². The zero-order valence-corrected chi connectivity index (χ0v) is 12.3. The number of amides is 1. The molecule has 1 aromatic heterocycles. The van der Waals surface area contributed by atoms with Crippen LogP contribution in [-0.2, 0) is 9.47 Å². The van der Waals surface area contributed by atoms with E-state index in [2.05, 4.69) is 9.97 Å². The van der Waals surface area contributed by atoms with Crippen molar-refractivity contribution in [2.24, 2.45) is 5.41 Å². The second-order valence-electron chi connectivity index (χ2n) is 5.98. The molecule has 2 saturated heterocycles. The maximum atomic E-state index is 12.3. The molecule has 1 spiro atoms. The van der Waals surface area contributed by atoms with E-state index in [0.29, 0.717) is 12.3 Å². The van der Waals surface area contributed by atoms with Crippen molar-refractivity contribution in [3.63, 3.8) is 0 Å². The molecule has 3 heterocycles. The molecule has 21 heavy (non-hydrogen) atoms. The second kappa shape index (κ2) is 6.07. The minimum atomic E-state index is -0.0229. The average molecular weight is 291 g/mol. The number of hydrogen-bond donors (Lipinski definition) is 0. The van der Waals surface area contributed by atoms with Crippen molar-refractivity contribution in [2.75, 3.05) is 33.4 Å². The van der Waals surface area contributed by atoms with Crippen LogP contribution in [0.1, 0.15) is 29.8 Å². The van der Waals surface area contributed by atoms with Gasteiger partial charge in [0.2, 0.25) is 0 Å². The monoisotopic (exact) mass is 291 g/mol. The number of nitrogens with zero attached hydrogens (tertiary/aromatic N) is 3. The Labute approximate surface area is 124 Å². The van der Waals surface area contributed by atoms with Crippen molar-refractivity contribution in [3.05, 3.63) is 24.3 Å². The Morgan fingerprint density at radius 2 is 2.29 bits per heavy atom. The molecular formula is C15H21N3O3. The normalized spacial score (nSPS) is 24.4. The van der Waals surface area contributed by atoms with E-state index in [1.54, 1.807) is 19.5 Å². The molecule has 1 aromatic rings. The van der Waals surface area contributed by atoms with Crippen LogP contribution in [0.15, 0.2) is 18.6 Å². The summed E-state index contributed by atoms with van der Waals surface area (Å²) in [7, 11) is 1.70. The van der Waals surface area contributed by atoms with E-state index in [0.717, 1.165) is 39.0 Å². The van der Waals surface area contributed by atoms with Crippen LogP contribution in [0.5, 0.6) is 0 Å². The second-order valence-corrected chi connectivity index (χ2v) is 5.98. The van der Waals surface area contributed by atoms with E-state index in [4.69, 9.17) is 9.47 Å². The first-order valence-corrected chi connectivity index (χ1v) is 7.38. The summed E-state index contributed by atoms with van der Waals surface area (Å²) in [5.41, 5.74) is 0.649. The Morgan fingerprint density at radius 1 is 1.48 bits per heavy atom. The third kappa shape index (κ3) is 3.06. The summed E-state index contributed by atoms with van der Waals surface area (Å²) in [5.74, 6) is -0.0229. The van der Waals surface area contributed by atoms with Crippen molar-refractivity contribution in [1.29, 1.82) is 0 Å². The number of carbonyl (C=O) groups excluding carboxylic acids is 1. The number of hydrogen-bond acceptors (Lipinski definition) is 5. The average Bonchev–Trinajstić information content (AvgIpc) is 2.91. The van der Waals surface area contributed by atoms with E-state index < -0.39 is 0 Å². The van der Waals surface area contributed by atoms with Gasteiger partial charge in [-0.05, 0) is 24.7 Å². The summed E-state index contributed by atoms with van der Waals surface area (Å²) in [6.07, 6.45) is 7.87. The summed E-state index contributed by atoms with van der Waals surface area (Å²) < 4.78 is 11.0. The van der Waals surface area contributed by atoms with Crippen LogP contribution in [-0.4, -0.2) is 60.3 Å². The lowest BCUT2D eigenvalue weighted by Crippen LogP contribution is -2.43. The number of rotatable bonds is 3. The molecule has 1 unspecified atom stereocenters. The highest BCUT2D eigenvalue weighted by Gasteiger charge is 2.43. The minimum Gasteiger partial charge on any atom is -0.382 e. The molecule has 2 fully saturated rings. The maximum absolute atomic E-state index is 12.3. The van der Waals surface area contributed by atoms with Crippen molar-refractivity contribution < 1.29 is 14.3 Å². The van der Waals surface area contributed by atoms with Crippen LogP contribution in [0.2, 0.25) is 0 Å². The molecule has 1 atom stereocenters. The molecule has 0 saturated carbocycles. The molecular weight excluding hydrogens is 270 g/mol. The highest BCUT2D eigenvalue weighted by atomic mass is 16.5. The first-order valence-electron chi connectivity index (χ1n) is 7.38. The van der Waals surface area contributed by atoms with Crippen LogP contribution in [0.3, 0.4) is 0 Å². The third-order valence-corrected chi connectivity index (χ3v) is 4.53. The van der Waals surface area contributed by atoms with Crippen LogP contribution < -0.4 is 0 Å². The molecule has 2 aliphatic rings. The van der Waals surface area contributed by atoms with Gasteiger partial charge in [-0.1, -0.05) is 0 Å². The molecule has 0 aliphatic carbocycles. The molecule has 0 radical (unpaired) electrons. The SMILES string of the molecule is COCC1CC2(CCN(C(=O)c3cnccn3)CC2)CO1. The standard InChI is InChI=1S/C15H21N3O3/c1-20-10-12-8-15(11-21-12)2-6-18(7-3-15)14(19)13-9-16-4-5-17-13/h4-5,9,12H,2-3,6-8,10-11H2,1H3. The van der Waals surface area contributed by atoms with Gasteiger partial charge >= 0.3 is 0 Å². The molecule has 1 amide bonds. The Bertz CT molecular complexity index is 486. The highest BCUT2D eigenvalue weighted by molar-refractivity contribution is 5.92. The summed E-state index contributed by atoms with van der Waals surface area (Å²) >= 11 is 0.